The number of benzene rings is 1. The molecule has 1 aliphatic rings. The molecule has 2 aromatic rings. The van der Waals surface area contributed by atoms with Gasteiger partial charge < -0.3 is 10.1 Å². The fourth-order valence-corrected chi connectivity index (χ4v) is 4.81. The highest BCUT2D eigenvalue weighted by molar-refractivity contribution is 7.17. The fourth-order valence-electron chi connectivity index (χ4n) is 3.21. The molecule has 0 fully saturated rings. The van der Waals surface area contributed by atoms with Gasteiger partial charge in [-0.2, -0.15) is 0 Å². The van der Waals surface area contributed by atoms with Crippen molar-refractivity contribution >= 4 is 39.8 Å². The third-order valence-electron chi connectivity index (χ3n) is 4.55. The first-order valence-corrected chi connectivity index (χ1v) is 10.1. The first kappa shape index (κ1) is 18.9. The van der Waals surface area contributed by atoms with E-state index in [2.05, 4.69) is 12.2 Å². The zero-order valence-corrected chi connectivity index (χ0v) is 16.5. The number of halogens is 1. The van der Waals surface area contributed by atoms with Gasteiger partial charge in [-0.3, -0.25) is 4.79 Å². The van der Waals surface area contributed by atoms with Crippen LogP contribution in [0.15, 0.2) is 30.3 Å². The highest BCUT2D eigenvalue weighted by Gasteiger charge is 2.30. The molecule has 0 unspecified atom stereocenters. The maximum Gasteiger partial charge on any atom is 0.341 e. The number of anilines is 1. The lowest BCUT2D eigenvalue weighted by Gasteiger charge is -2.18. The van der Waals surface area contributed by atoms with Crippen LogP contribution in [0.2, 0.25) is 0 Å². The molecule has 0 aliphatic heterocycles. The van der Waals surface area contributed by atoms with Crippen LogP contribution < -0.4 is 5.32 Å². The van der Waals surface area contributed by atoms with E-state index in [0.29, 0.717) is 23.1 Å². The minimum Gasteiger partial charge on any atom is -0.462 e. The van der Waals surface area contributed by atoms with Gasteiger partial charge >= 0.3 is 5.97 Å². The maximum absolute atomic E-state index is 12.6. The molecule has 0 spiro atoms. The Morgan fingerprint density at radius 2 is 2.08 bits per heavy atom. The fraction of sp³-hybridized carbons (Fsp3) is 0.400. The maximum atomic E-state index is 12.6. The predicted molar refractivity (Wildman–Crippen MR) is 105 cm³/mol. The van der Waals surface area contributed by atoms with Gasteiger partial charge in [0.05, 0.1) is 12.2 Å². The molecule has 1 N–H and O–H groups in total. The Balaban J connectivity index is 1.89. The van der Waals surface area contributed by atoms with Crippen LogP contribution >= 0.6 is 22.9 Å². The molecule has 1 aromatic heterocycles. The van der Waals surface area contributed by atoms with Gasteiger partial charge in [-0.1, -0.05) is 37.3 Å². The minimum absolute atomic E-state index is 0.301. The van der Waals surface area contributed by atoms with Gasteiger partial charge in [0.15, 0.2) is 0 Å². The summed E-state index contributed by atoms with van der Waals surface area (Å²) in [5.41, 5.74) is 2.25. The van der Waals surface area contributed by atoms with Gasteiger partial charge in [-0.05, 0) is 43.2 Å². The first-order valence-electron chi connectivity index (χ1n) is 8.82. The molecule has 1 amide bonds. The second-order valence-corrected chi connectivity index (χ2v) is 8.08. The van der Waals surface area contributed by atoms with Gasteiger partial charge in [0.2, 0.25) is 5.91 Å². The highest BCUT2D eigenvalue weighted by atomic mass is 35.5. The van der Waals surface area contributed by atoms with Gasteiger partial charge in [0, 0.05) is 4.88 Å². The number of nitrogens with one attached hydrogen (secondary N) is 1. The number of thiophene rings is 1. The molecule has 138 valence electrons. The van der Waals surface area contributed by atoms with E-state index in [9.17, 15) is 9.59 Å². The summed E-state index contributed by atoms with van der Waals surface area (Å²) in [5, 5.41) is 2.60. The van der Waals surface area contributed by atoms with Crippen molar-refractivity contribution in [1.82, 2.24) is 0 Å². The van der Waals surface area contributed by atoms with Crippen molar-refractivity contribution in [1.29, 1.82) is 0 Å². The number of alkyl halides is 1. The second-order valence-electron chi connectivity index (χ2n) is 6.54. The van der Waals surface area contributed by atoms with Gasteiger partial charge in [0.1, 0.15) is 10.4 Å². The van der Waals surface area contributed by atoms with Crippen LogP contribution in [0, 0.1) is 5.92 Å². The number of hydrogen-bond acceptors (Lipinski definition) is 4. The molecule has 0 radical (unpaired) electrons. The zero-order valence-electron chi connectivity index (χ0n) is 14.9. The van der Waals surface area contributed by atoms with Crippen LogP contribution in [0.5, 0.6) is 0 Å². The van der Waals surface area contributed by atoms with E-state index in [1.165, 1.54) is 11.3 Å². The molecule has 1 aromatic carbocycles. The summed E-state index contributed by atoms with van der Waals surface area (Å²) < 4.78 is 5.23. The Hall–Kier alpha value is -1.85. The Morgan fingerprint density at radius 3 is 2.77 bits per heavy atom. The summed E-state index contributed by atoms with van der Waals surface area (Å²) in [5.74, 6) is -0.138. The van der Waals surface area contributed by atoms with Crippen molar-refractivity contribution in [3.63, 3.8) is 0 Å². The number of rotatable bonds is 5. The molecule has 26 heavy (non-hydrogen) atoms. The number of fused-ring (bicyclic) bond motifs is 1. The summed E-state index contributed by atoms with van der Waals surface area (Å²) in [6.45, 7) is 4.28. The molecule has 1 aliphatic carbocycles. The highest BCUT2D eigenvalue weighted by Crippen LogP contribution is 2.40. The number of amides is 1. The quantitative estimate of drug-likeness (QED) is 0.578. The van der Waals surface area contributed by atoms with Crippen LogP contribution in [-0.2, 0) is 22.4 Å². The molecule has 6 heteroatoms. The summed E-state index contributed by atoms with van der Waals surface area (Å²) in [7, 11) is 0. The molecule has 0 bridgehead atoms. The van der Waals surface area contributed by atoms with Crippen molar-refractivity contribution in [3.05, 3.63) is 51.9 Å². The topological polar surface area (TPSA) is 55.4 Å². The average molecular weight is 392 g/mol. The van der Waals surface area contributed by atoms with E-state index in [-0.39, 0.29) is 11.9 Å². The van der Waals surface area contributed by atoms with Crippen molar-refractivity contribution in [2.75, 3.05) is 11.9 Å². The predicted octanol–water partition coefficient (Wildman–Crippen LogP) is 4.97. The van der Waals surface area contributed by atoms with E-state index >= 15 is 0 Å². The number of carbonyl (C=O) groups excluding carboxylic acids is 2. The zero-order chi connectivity index (χ0) is 18.7. The van der Waals surface area contributed by atoms with E-state index in [1.807, 2.05) is 30.3 Å². The lowest BCUT2D eigenvalue weighted by Crippen LogP contribution is -2.19. The van der Waals surface area contributed by atoms with Crippen molar-refractivity contribution in [2.45, 2.75) is 38.5 Å². The molecule has 2 atom stereocenters. The summed E-state index contributed by atoms with van der Waals surface area (Å²) in [6.07, 6.45) is 2.79. The molecule has 1 heterocycles. The Kier molecular flexibility index (Phi) is 5.99. The summed E-state index contributed by atoms with van der Waals surface area (Å²) >= 11 is 7.80. The van der Waals surface area contributed by atoms with Crippen LogP contribution in [0.4, 0.5) is 5.00 Å². The molecule has 3 rings (SSSR count). The largest absolute Gasteiger partial charge is 0.462 e. The average Bonchev–Trinajstić information content (AvgIpc) is 2.98. The number of ether oxygens (including phenoxy) is 1. The smallest absolute Gasteiger partial charge is 0.341 e. The number of hydrogen-bond donors (Lipinski definition) is 1. The second kappa shape index (κ2) is 8.23. The van der Waals surface area contributed by atoms with Crippen molar-refractivity contribution in [3.8, 4) is 0 Å². The molecule has 0 saturated carbocycles. The Bertz CT molecular complexity index is 803. The molecular weight excluding hydrogens is 370 g/mol. The van der Waals surface area contributed by atoms with E-state index in [4.69, 9.17) is 16.3 Å². The number of carbonyl (C=O) groups is 2. The molecular formula is C20H22ClNO3S. The van der Waals surface area contributed by atoms with Gasteiger partial charge in [-0.25, -0.2) is 4.79 Å². The number of esters is 1. The SMILES string of the molecule is CCOC(=O)c1c(NC(=O)[C@H](Cl)c2ccccc2)sc2c1CC[C@@H](C)C2. The Morgan fingerprint density at radius 1 is 1.35 bits per heavy atom. The monoisotopic (exact) mass is 391 g/mol. The van der Waals surface area contributed by atoms with Crippen LogP contribution in [-0.4, -0.2) is 18.5 Å². The van der Waals surface area contributed by atoms with E-state index in [1.54, 1.807) is 6.92 Å². The van der Waals surface area contributed by atoms with Crippen LogP contribution in [0.25, 0.3) is 0 Å². The third kappa shape index (κ3) is 3.94. The standard InChI is InChI=1S/C20H22ClNO3S/c1-3-25-20(24)16-14-10-9-12(2)11-15(14)26-19(16)22-18(23)17(21)13-7-5-4-6-8-13/h4-8,12,17H,3,9-11H2,1-2H3,(H,22,23)/t12-,17-/m1/s1. The third-order valence-corrected chi connectivity index (χ3v) is 6.17. The lowest BCUT2D eigenvalue weighted by atomic mass is 9.88. The summed E-state index contributed by atoms with van der Waals surface area (Å²) in [6, 6.07) is 9.17. The lowest BCUT2D eigenvalue weighted by molar-refractivity contribution is -0.115. The first-order chi connectivity index (χ1) is 12.5. The van der Waals surface area contributed by atoms with Crippen molar-refractivity contribution in [2.24, 2.45) is 5.92 Å². The van der Waals surface area contributed by atoms with Gasteiger partial charge in [-0.15, -0.1) is 22.9 Å². The van der Waals surface area contributed by atoms with Crippen LogP contribution in [0.1, 0.15) is 52.0 Å². The van der Waals surface area contributed by atoms with Crippen LogP contribution in [0.3, 0.4) is 0 Å². The normalized spacial score (nSPS) is 17.3. The van der Waals surface area contributed by atoms with Crippen molar-refractivity contribution < 1.29 is 14.3 Å². The van der Waals surface area contributed by atoms with Gasteiger partial charge in [0.25, 0.3) is 0 Å². The minimum atomic E-state index is -0.815. The van der Waals surface area contributed by atoms with E-state index in [0.717, 1.165) is 35.3 Å². The van der Waals surface area contributed by atoms with E-state index < -0.39 is 5.38 Å². The summed E-state index contributed by atoms with van der Waals surface area (Å²) in [4.78, 5) is 26.3. The Labute approximate surface area is 162 Å². The molecule has 4 nitrogen and oxygen atoms in total. The molecule has 0 saturated heterocycles.